The van der Waals surface area contributed by atoms with E-state index >= 15 is 0 Å². The predicted molar refractivity (Wildman–Crippen MR) is 118 cm³/mol. The van der Waals surface area contributed by atoms with Gasteiger partial charge in [0.25, 0.3) is 5.56 Å². The predicted octanol–water partition coefficient (Wildman–Crippen LogP) is 4.17. The minimum Gasteiger partial charge on any atom is -0.490 e. The number of nitrogens with one attached hydrogen (secondary N) is 2. The average Bonchev–Trinajstić information content (AvgIpc) is 3.24. The molecule has 8 heteroatoms. The molecular weight excluding hydrogens is 405 g/mol. The summed E-state index contributed by atoms with van der Waals surface area (Å²) in [6.45, 7) is 2.54. The summed E-state index contributed by atoms with van der Waals surface area (Å²) in [4.78, 5) is 24.6. The van der Waals surface area contributed by atoms with E-state index in [-0.39, 0.29) is 6.04 Å². The SMILES string of the molecule is CC(NSCCCCCn1cc(F)c(=O)[nH]c1=O)c1cccc(OC2CCCC2)c1. The van der Waals surface area contributed by atoms with Gasteiger partial charge in [-0.25, -0.2) is 4.79 Å². The van der Waals surface area contributed by atoms with Gasteiger partial charge < -0.3 is 4.74 Å². The highest BCUT2D eigenvalue weighted by atomic mass is 32.2. The maximum absolute atomic E-state index is 13.3. The molecule has 1 fully saturated rings. The molecule has 30 heavy (non-hydrogen) atoms. The van der Waals surface area contributed by atoms with Crippen LogP contribution in [-0.2, 0) is 6.54 Å². The first kappa shape index (κ1) is 22.6. The first-order valence-corrected chi connectivity index (χ1v) is 11.6. The molecule has 2 aromatic rings. The Bertz CT molecular complexity index is 924. The number of aryl methyl sites for hydroxylation is 1. The van der Waals surface area contributed by atoms with Crippen LogP contribution in [0, 0.1) is 5.82 Å². The van der Waals surface area contributed by atoms with E-state index in [0.29, 0.717) is 12.6 Å². The Labute approximate surface area is 180 Å². The van der Waals surface area contributed by atoms with Gasteiger partial charge in [-0.15, -0.1) is 0 Å². The summed E-state index contributed by atoms with van der Waals surface area (Å²) in [7, 11) is 0. The summed E-state index contributed by atoms with van der Waals surface area (Å²) in [5.74, 6) is 0.963. The van der Waals surface area contributed by atoms with E-state index in [1.165, 1.54) is 23.0 Å². The standard InChI is InChI=1S/C22H30FN3O3S/c1-16(17-8-7-11-19(14-17)29-18-9-3-4-10-18)25-30-13-6-2-5-12-26-15-20(23)21(27)24-22(26)28/h7-8,11,14-16,18,25H,2-6,9-10,12-13H2,1H3,(H,24,27,28). The molecule has 1 heterocycles. The van der Waals surface area contributed by atoms with Gasteiger partial charge >= 0.3 is 5.69 Å². The molecular formula is C22H30FN3O3S. The van der Waals surface area contributed by atoms with Crippen molar-refractivity contribution in [2.75, 3.05) is 5.75 Å². The van der Waals surface area contributed by atoms with E-state index in [4.69, 9.17) is 4.74 Å². The number of benzene rings is 1. The monoisotopic (exact) mass is 435 g/mol. The maximum Gasteiger partial charge on any atom is 0.328 e. The van der Waals surface area contributed by atoms with Gasteiger partial charge in [0.2, 0.25) is 5.82 Å². The second kappa shape index (κ2) is 11.4. The molecule has 1 saturated carbocycles. The fourth-order valence-corrected chi connectivity index (χ4v) is 4.44. The number of H-pyrrole nitrogens is 1. The first-order chi connectivity index (χ1) is 14.5. The van der Waals surface area contributed by atoms with Crippen molar-refractivity contribution in [2.24, 2.45) is 0 Å². The third-order valence-corrected chi connectivity index (χ3v) is 6.35. The molecule has 1 unspecified atom stereocenters. The van der Waals surface area contributed by atoms with Crippen LogP contribution in [0.5, 0.6) is 5.75 Å². The number of unbranched alkanes of at least 4 members (excludes halogenated alkanes) is 2. The molecule has 164 valence electrons. The molecule has 0 spiro atoms. The van der Waals surface area contributed by atoms with Crippen molar-refractivity contribution < 1.29 is 9.13 Å². The number of halogens is 1. The van der Waals surface area contributed by atoms with Crippen molar-refractivity contribution in [2.45, 2.75) is 70.6 Å². The first-order valence-electron chi connectivity index (χ1n) is 10.7. The van der Waals surface area contributed by atoms with Crippen molar-refractivity contribution in [3.63, 3.8) is 0 Å². The van der Waals surface area contributed by atoms with Gasteiger partial charge in [0, 0.05) is 18.3 Å². The van der Waals surface area contributed by atoms with Crippen LogP contribution in [0.4, 0.5) is 4.39 Å². The lowest BCUT2D eigenvalue weighted by molar-refractivity contribution is 0.210. The second-order valence-electron chi connectivity index (χ2n) is 7.78. The molecule has 0 amide bonds. The van der Waals surface area contributed by atoms with Gasteiger partial charge in [0.1, 0.15) is 5.75 Å². The van der Waals surface area contributed by atoms with E-state index in [2.05, 4.69) is 23.8 Å². The Morgan fingerprint density at radius 2 is 2.07 bits per heavy atom. The van der Waals surface area contributed by atoms with Gasteiger partial charge in [-0.3, -0.25) is 19.1 Å². The number of aromatic amines is 1. The van der Waals surface area contributed by atoms with E-state index in [1.54, 1.807) is 11.9 Å². The van der Waals surface area contributed by atoms with E-state index in [9.17, 15) is 14.0 Å². The third-order valence-electron chi connectivity index (χ3n) is 5.34. The zero-order valence-electron chi connectivity index (χ0n) is 17.4. The number of nitrogens with zero attached hydrogens (tertiary/aromatic N) is 1. The molecule has 0 saturated heterocycles. The minimum atomic E-state index is -0.969. The van der Waals surface area contributed by atoms with E-state index in [0.717, 1.165) is 49.8 Å². The molecule has 1 aromatic heterocycles. The summed E-state index contributed by atoms with van der Waals surface area (Å²) in [6, 6.07) is 8.52. The number of rotatable bonds is 11. The summed E-state index contributed by atoms with van der Waals surface area (Å²) in [5.41, 5.74) is -0.327. The quantitative estimate of drug-likeness (QED) is 0.409. The zero-order chi connectivity index (χ0) is 21.3. The highest BCUT2D eigenvalue weighted by molar-refractivity contribution is 7.97. The summed E-state index contributed by atoms with van der Waals surface area (Å²) in [6.07, 6.45) is 8.82. The molecule has 1 atom stereocenters. The molecule has 1 aliphatic carbocycles. The highest BCUT2D eigenvalue weighted by Crippen LogP contribution is 2.26. The molecule has 2 N–H and O–H groups in total. The Kier molecular flexibility index (Phi) is 8.57. The van der Waals surface area contributed by atoms with Crippen LogP contribution in [0.15, 0.2) is 40.1 Å². The number of aromatic nitrogens is 2. The van der Waals surface area contributed by atoms with Gasteiger partial charge in [-0.05, 0) is 63.1 Å². The van der Waals surface area contributed by atoms with E-state index in [1.807, 2.05) is 17.1 Å². The third kappa shape index (κ3) is 6.74. The number of hydrogen-bond acceptors (Lipinski definition) is 5. The Morgan fingerprint density at radius 1 is 1.27 bits per heavy atom. The Balaban J connectivity index is 1.33. The molecule has 0 bridgehead atoms. The van der Waals surface area contributed by atoms with Crippen LogP contribution in [0.1, 0.15) is 63.5 Å². The lowest BCUT2D eigenvalue weighted by Gasteiger charge is -2.17. The van der Waals surface area contributed by atoms with Crippen molar-refractivity contribution in [3.8, 4) is 5.75 Å². The molecule has 3 rings (SSSR count). The fourth-order valence-electron chi connectivity index (χ4n) is 3.59. The molecule has 1 aromatic carbocycles. The van der Waals surface area contributed by atoms with Crippen molar-refractivity contribution in [3.05, 3.63) is 62.7 Å². The van der Waals surface area contributed by atoms with Gasteiger partial charge in [-0.2, -0.15) is 4.39 Å². The normalized spacial score (nSPS) is 15.4. The van der Waals surface area contributed by atoms with E-state index < -0.39 is 17.1 Å². The smallest absolute Gasteiger partial charge is 0.328 e. The lowest BCUT2D eigenvalue weighted by atomic mass is 10.1. The largest absolute Gasteiger partial charge is 0.490 e. The Hall–Kier alpha value is -2.06. The molecule has 0 aliphatic heterocycles. The highest BCUT2D eigenvalue weighted by Gasteiger charge is 2.17. The van der Waals surface area contributed by atoms with Crippen LogP contribution in [0.25, 0.3) is 0 Å². The van der Waals surface area contributed by atoms with Gasteiger partial charge in [0.05, 0.1) is 12.3 Å². The Morgan fingerprint density at radius 3 is 2.87 bits per heavy atom. The maximum atomic E-state index is 13.3. The minimum absolute atomic E-state index is 0.213. The van der Waals surface area contributed by atoms with Crippen molar-refractivity contribution in [1.29, 1.82) is 0 Å². The summed E-state index contributed by atoms with van der Waals surface area (Å²) < 4.78 is 24.0. The number of ether oxygens (including phenoxy) is 1. The molecule has 1 aliphatic rings. The van der Waals surface area contributed by atoms with Gasteiger partial charge in [-0.1, -0.05) is 30.5 Å². The lowest BCUT2D eigenvalue weighted by Crippen LogP contribution is -2.31. The zero-order valence-corrected chi connectivity index (χ0v) is 18.2. The van der Waals surface area contributed by atoms with Gasteiger partial charge in [0.15, 0.2) is 0 Å². The summed E-state index contributed by atoms with van der Waals surface area (Å²) >= 11 is 1.68. The van der Waals surface area contributed by atoms with Crippen LogP contribution in [0.2, 0.25) is 0 Å². The van der Waals surface area contributed by atoms with Crippen LogP contribution >= 0.6 is 11.9 Å². The van der Waals surface area contributed by atoms with Crippen LogP contribution in [0.3, 0.4) is 0 Å². The summed E-state index contributed by atoms with van der Waals surface area (Å²) in [5, 5.41) is 0. The van der Waals surface area contributed by atoms with Crippen molar-refractivity contribution in [1.82, 2.24) is 14.3 Å². The number of hydrogen-bond donors (Lipinski definition) is 2. The average molecular weight is 436 g/mol. The van der Waals surface area contributed by atoms with Crippen LogP contribution < -0.4 is 20.7 Å². The topological polar surface area (TPSA) is 76.1 Å². The molecule has 6 nitrogen and oxygen atoms in total. The fraction of sp³-hybridized carbons (Fsp3) is 0.545. The van der Waals surface area contributed by atoms with Crippen molar-refractivity contribution >= 4 is 11.9 Å². The second-order valence-corrected chi connectivity index (χ2v) is 8.71. The molecule has 0 radical (unpaired) electrons. The van der Waals surface area contributed by atoms with Crippen LogP contribution in [-0.4, -0.2) is 21.4 Å².